The highest BCUT2D eigenvalue weighted by Gasteiger charge is 2.66. The minimum atomic E-state index is -4.32. The van der Waals surface area contributed by atoms with Gasteiger partial charge in [0.1, 0.15) is 11.2 Å². The van der Waals surface area contributed by atoms with Crippen LogP contribution in [-0.4, -0.2) is 21.4 Å². The second kappa shape index (κ2) is 7.56. The van der Waals surface area contributed by atoms with Gasteiger partial charge in [0.05, 0.1) is 0 Å². The van der Waals surface area contributed by atoms with Crippen molar-refractivity contribution in [3.8, 4) is 0 Å². The maximum absolute atomic E-state index is 14.0. The van der Waals surface area contributed by atoms with E-state index in [2.05, 4.69) is 15.2 Å². The zero-order chi connectivity index (χ0) is 19.7. The molecule has 0 aromatic carbocycles. The minimum Gasteiger partial charge on any atom is -0.263 e. The molecule has 1 unspecified atom stereocenters. The molecule has 0 amide bonds. The molecule has 0 bridgehead atoms. The minimum absolute atomic E-state index is 0.0327. The second-order valence-electron chi connectivity index (χ2n) is 7.29. The Labute approximate surface area is 154 Å². The van der Waals surface area contributed by atoms with Crippen molar-refractivity contribution in [3.05, 3.63) is 47.1 Å². The summed E-state index contributed by atoms with van der Waals surface area (Å²) in [5.74, 6) is -1.53. The lowest BCUT2D eigenvalue weighted by molar-refractivity contribution is -0.162. The van der Waals surface area contributed by atoms with Crippen molar-refractivity contribution in [1.82, 2.24) is 15.2 Å². The second-order valence-corrected chi connectivity index (χ2v) is 7.29. The van der Waals surface area contributed by atoms with E-state index in [1.807, 2.05) is 6.92 Å². The standard InChI is InChI=1S/C19H22F5N3/c1-12(13-7-3-4-8-14(20)16(13)21)6-2-5-9-15-25-17(27-26-15)18(10-11-18)19(22,23)24/h4,7-8,12H,2-3,5-6,9-11H2,1H3,(H,25,26,27). The third-order valence-electron chi connectivity index (χ3n) is 5.29. The van der Waals surface area contributed by atoms with Crippen molar-refractivity contribution < 1.29 is 22.0 Å². The van der Waals surface area contributed by atoms with Crippen LogP contribution in [0.25, 0.3) is 0 Å². The predicted molar refractivity (Wildman–Crippen MR) is 91.2 cm³/mol. The third kappa shape index (κ3) is 4.14. The summed E-state index contributed by atoms with van der Waals surface area (Å²) in [4.78, 5) is 4.03. The van der Waals surface area contributed by atoms with Crippen LogP contribution < -0.4 is 0 Å². The summed E-state index contributed by atoms with van der Waals surface area (Å²) in [6.45, 7) is 1.84. The van der Waals surface area contributed by atoms with E-state index in [9.17, 15) is 22.0 Å². The molecule has 1 aromatic rings. The Morgan fingerprint density at radius 1 is 1.22 bits per heavy atom. The number of aromatic nitrogens is 3. The van der Waals surface area contributed by atoms with Crippen LogP contribution in [0.1, 0.15) is 57.1 Å². The molecule has 0 aliphatic heterocycles. The molecule has 1 heterocycles. The van der Waals surface area contributed by atoms with Crippen molar-refractivity contribution in [2.24, 2.45) is 5.92 Å². The summed E-state index contributed by atoms with van der Waals surface area (Å²) >= 11 is 0. The number of aryl methyl sites for hydroxylation is 1. The van der Waals surface area contributed by atoms with Crippen molar-refractivity contribution in [1.29, 1.82) is 0 Å². The fraction of sp³-hybridized carbons (Fsp3) is 0.579. The fourth-order valence-electron chi connectivity index (χ4n) is 3.36. The number of hydrogen-bond donors (Lipinski definition) is 1. The van der Waals surface area contributed by atoms with Crippen molar-refractivity contribution >= 4 is 0 Å². The number of allylic oxidation sites excluding steroid dienone is 6. The molecular formula is C19H22F5N3. The van der Waals surface area contributed by atoms with Gasteiger partial charge in [-0.05, 0) is 49.7 Å². The van der Waals surface area contributed by atoms with Crippen molar-refractivity contribution in [3.63, 3.8) is 0 Å². The van der Waals surface area contributed by atoms with Crippen LogP contribution in [0.2, 0.25) is 0 Å². The highest BCUT2D eigenvalue weighted by Crippen LogP contribution is 2.57. The molecule has 3 nitrogen and oxygen atoms in total. The van der Waals surface area contributed by atoms with Gasteiger partial charge in [-0.15, -0.1) is 0 Å². The SMILES string of the molecule is CC(CCCCc1nc(C2(C(F)(F)F)CC2)n[nH]1)C1=CCC=CC(F)=C1F. The van der Waals surface area contributed by atoms with Gasteiger partial charge in [-0.3, -0.25) is 5.10 Å². The molecule has 1 fully saturated rings. The molecule has 0 spiro atoms. The van der Waals surface area contributed by atoms with Gasteiger partial charge >= 0.3 is 6.18 Å². The van der Waals surface area contributed by atoms with Crippen LogP contribution in [-0.2, 0) is 11.8 Å². The highest BCUT2D eigenvalue weighted by molar-refractivity contribution is 5.36. The normalized spacial score (nSPS) is 20.4. The Morgan fingerprint density at radius 3 is 2.63 bits per heavy atom. The monoisotopic (exact) mass is 387 g/mol. The fourth-order valence-corrected chi connectivity index (χ4v) is 3.36. The van der Waals surface area contributed by atoms with E-state index in [0.29, 0.717) is 37.1 Å². The van der Waals surface area contributed by atoms with Gasteiger partial charge < -0.3 is 0 Å². The number of unbranched alkanes of at least 4 members (excludes halogenated alkanes) is 1. The maximum atomic E-state index is 14.0. The van der Waals surface area contributed by atoms with Crippen LogP contribution in [0.4, 0.5) is 22.0 Å². The first-order valence-electron chi connectivity index (χ1n) is 9.15. The van der Waals surface area contributed by atoms with Gasteiger partial charge in [0.2, 0.25) is 0 Å². The molecular weight excluding hydrogens is 365 g/mol. The van der Waals surface area contributed by atoms with Crippen molar-refractivity contribution in [2.45, 2.75) is 63.5 Å². The summed E-state index contributed by atoms with van der Waals surface area (Å²) < 4.78 is 66.8. The number of halogens is 5. The number of H-pyrrole nitrogens is 1. The zero-order valence-electron chi connectivity index (χ0n) is 15.0. The average molecular weight is 387 g/mol. The molecule has 1 N–H and O–H groups in total. The Kier molecular flexibility index (Phi) is 5.53. The van der Waals surface area contributed by atoms with Gasteiger partial charge in [-0.1, -0.05) is 25.5 Å². The van der Waals surface area contributed by atoms with Crippen molar-refractivity contribution in [2.75, 3.05) is 0 Å². The molecule has 1 saturated carbocycles. The topological polar surface area (TPSA) is 41.6 Å². The first-order valence-corrected chi connectivity index (χ1v) is 9.15. The molecule has 3 rings (SSSR count). The van der Waals surface area contributed by atoms with Gasteiger partial charge in [-0.2, -0.15) is 18.3 Å². The molecule has 1 atom stereocenters. The molecule has 2 aliphatic rings. The van der Waals surface area contributed by atoms with Crippen LogP contribution >= 0.6 is 0 Å². The Bertz CT molecular complexity index is 769. The molecule has 27 heavy (non-hydrogen) atoms. The first kappa shape index (κ1) is 19.8. The number of nitrogens with zero attached hydrogens (tertiary/aromatic N) is 2. The lowest BCUT2D eigenvalue weighted by Gasteiger charge is -2.15. The molecule has 1 aromatic heterocycles. The lowest BCUT2D eigenvalue weighted by Crippen LogP contribution is -2.29. The third-order valence-corrected chi connectivity index (χ3v) is 5.29. The van der Waals surface area contributed by atoms with Gasteiger partial charge in [0, 0.05) is 6.42 Å². The maximum Gasteiger partial charge on any atom is 0.401 e. The summed E-state index contributed by atoms with van der Waals surface area (Å²) in [6.07, 6.45) is 3.16. The van der Waals surface area contributed by atoms with E-state index >= 15 is 0 Å². The number of rotatable bonds is 7. The Hall–Kier alpha value is -1.99. The summed E-state index contributed by atoms with van der Waals surface area (Å²) in [5, 5.41) is 6.36. The predicted octanol–water partition coefficient (Wildman–Crippen LogP) is 5.78. The van der Waals surface area contributed by atoms with E-state index in [1.165, 1.54) is 0 Å². The molecule has 148 valence electrons. The summed E-state index contributed by atoms with van der Waals surface area (Å²) in [5.41, 5.74) is -1.50. The van der Waals surface area contributed by atoms with Crippen LogP contribution in [0.5, 0.6) is 0 Å². The number of alkyl halides is 3. The van der Waals surface area contributed by atoms with Crippen LogP contribution in [0, 0.1) is 5.92 Å². The summed E-state index contributed by atoms with van der Waals surface area (Å²) in [7, 11) is 0. The largest absolute Gasteiger partial charge is 0.401 e. The highest BCUT2D eigenvalue weighted by atomic mass is 19.4. The Balaban J connectivity index is 1.49. The first-order chi connectivity index (χ1) is 12.7. The quantitative estimate of drug-likeness (QED) is 0.476. The van der Waals surface area contributed by atoms with Gasteiger partial charge in [0.15, 0.2) is 17.5 Å². The molecule has 0 radical (unpaired) electrons. The zero-order valence-corrected chi connectivity index (χ0v) is 15.0. The summed E-state index contributed by atoms with van der Waals surface area (Å²) in [6, 6.07) is 0. The number of nitrogens with one attached hydrogen (secondary N) is 1. The van der Waals surface area contributed by atoms with Crippen LogP contribution in [0.15, 0.2) is 35.5 Å². The van der Waals surface area contributed by atoms with E-state index < -0.39 is 23.2 Å². The molecule has 8 heteroatoms. The number of hydrogen-bond acceptors (Lipinski definition) is 2. The molecule has 2 aliphatic carbocycles. The van der Waals surface area contributed by atoms with E-state index in [-0.39, 0.29) is 24.6 Å². The van der Waals surface area contributed by atoms with Gasteiger partial charge in [0.25, 0.3) is 0 Å². The van der Waals surface area contributed by atoms with E-state index in [1.54, 1.807) is 12.2 Å². The number of aromatic amines is 1. The van der Waals surface area contributed by atoms with Crippen LogP contribution in [0.3, 0.4) is 0 Å². The lowest BCUT2D eigenvalue weighted by atomic mass is 9.93. The average Bonchev–Trinajstić information content (AvgIpc) is 3.33. The van der Waals surface area contributed by atoms with Gasteiger partial charge in [-0.25, -0.2) is 13.8 Å². The molecule has 0 saturated heterocycles. The Morgan fingerprint density at radius 2 is 1.96 bits per heavy atom. The smallest absolute Gasteiger partial charge is 0.263 e. The van der Waals surface area contributed by atoms with E-state index in [4.69, 9.17) is 0 Å². The van der Waals surface area contributed by atoms with E-state index in [0.717, 1.165) is 12.5 Å².